The zero-order valence-electron chi connectivity index (χ0n) is 10.4. The monoisotopic (exact) mass is 269 g/mol. The van der Waals surface area contributed by atoms with Gasteiger partial charge in [0.05, 0.1) is 13.2 Å². The fourth-order valence-electron chi connectivity index (χ4n) is 1.74. The molecular weight excluding hydrogens is 254 g/mol. The van der Waals surface area contributed by atoms with E-state index in [-0.39, 0.29) is 37.0 Å². The van der Waals surface area contributed by atoms with Crippen molar-refractivity contribution >= 4 is 23.5 Å². The number of carbonyl (C=O) groups excluding carboxylic acids is 3. The minimum absolute atomic E-state index is 0.134. The molecule has 2 aliphatic heterocycles. The van der Waals surface area contributed by atoms with Crippen LogP contribution in [0.4, 0.5) is 0 Å². The van der Waals surface area contributed by atoms with Gasteiger partial charge in [-0.2, -0.15) is 5.10 Å². The number of ether oxygens (including phenoxy) is 2. The van der Waals surface area contributed by atoms with E-state index in [1.165, 1.54) is 0 Å². The first-order chi connectivity index (χ1) is 9.16. The van der Waals surface area contributed by atoms with E-state index in [1.807, 2.05) is 0 Å². The third kappa shape index (κ3) is 3.75. The van der Waals surface area contributed by atoms with Gasteiger partial charge in [-0.3, -0.25) is 9.59 Å². The molecule has 1 fully saturated rings. The van der Waals surface area contributed by atoms with Crippen molar-refractivity contribution in [2.45, 2.75) is 12.8 Å². The van der Waals surface area contributed by atoms with Crippen LogP contribution in [0.15, 0.2) is 5.10 Å². The van der Waals surface area contributed by atoms with E-state index in [4.69, 9.17) is 9.47 Å². The highest BCUT2D eigenvalue weighted by Crippen LogP contribution is 2.02. The number of amides is 2. The molecule has 0 aromatic rings. The lowest BCUT2D eigenvalue weighted by Gasteiger charge is -2.26. The molecule has 2 amide bonds. The molecule has 19 heavy (non-hydrogen) atoms. The maximum atomic E-state index is 11.7. The number of hydrazone groups is 1. The van der Waals surface area contributed by atoms with Crippen LogP contribution in [0.5, 0.6) is 0 Å². The average molecular weight is 269 g/mol. The number of morpholine rings is 1. The summed E-state index contributed by atoms with van der Waals surface area (Å²) < 4.78 is 10.00. The topological polar surface area (TPSA) is 97.3 Å². The Morgan fingerprint density at radius 1 is 1.32 bits per heavy atom. The number of nitrogens with zero attached hydrogens (tertiary/aromatic N) is 2. The van der Waals surface area contributed by atoms with Gasteiger partial charge in [-0.15, -0.1) is 0 Å². The summed E-state index contributed by atoms with van der Waals surface area (Å²) >= 11 is 0. The van der Waals surface area contributed by atoms with Crippen LogP contribution in [0, 0.1) is 0 Å². The van der Waals surface area contributed by atoms with Gasteiger partial charge in [-0.25, -0.2) is 10.2 Å². The van der Waals surface area contributed by atoms with Gasteiger partial charge in [0, 0.05) is 25.9 Å². The molecule has 0 radical (unpaired) electrons. The zero-order valence-corrected chi connectivity index (χ0v) is 10.4. The molecule has 8 nitrogen and oxygen atoms in total. The minimum atomic E-state index is -0.665. The molecule has 8 heteroatoms. The third-order valence-corrected chi connectivity index (χ3v) is 2.83. The maximum Gasteiger partial charge on any atom is 0.355 e. The number of carbonyl (C=O) groups is 3. The molecule has 0 aromatic heterocycles. The lowest BCUT2D eigenvalue weighted by molar-refractivity contribution is -0.149. The van der Waals surface area contributed by atoms with E-state index in [1.54, 1.807) is 4.90 Å². The van der Waals surface area contributed by atoms with Crippen molar-refractivity contribution in [3.63, 3.8) is 0 Å². The Balaban J connectivity index is 1.76. The molecule has 104 valence electrons. The van der Waals surface area contributed by atoms with Gasteiger partial charge in [0.15, 0.2) is 6.61 Å². The SMILES string of the molecule is O=C1CCC(C(=O)OCC(=O)N2CCOCC2)=NN1. The molecule has 0 aromatic carbocycles. The van der Waals surface area contributed by atoms with Crippen molar-refractivity contribution in [1.82, 2.24) is 10.3 Å². The van der Waals surface area contributed by atoms with Crippen LogP contribution in [-0.2, 0) is 23.9 Å². The number of rotatable bonds is 3. The first kappa shape index (κ1) is 13.5. The van der Waals surface area contributed by atoms with E-state index in [0.717, 1.165) is 0 Å². The van der Waals surface area contributed by atoms with Crippen molar-refractivity contribution in [2.75, 3.05) is 32.9 Å². The Morgan fingerprint density at radius 3 is 2.68 bits per heavy atom. The second kappa shape index (κ2) is 6.28. The molecule has 0 unspecified atom stereocenters. The summed E-state index contributed by atoms with van der Waals surface area (Å²) in [5, 5.41) is 3.60. The van der Waals surface area contributed by atoms with Gasteiger partial charge in [0.1, 0.15) is 5.71 Å². The van der Waals surface area contributed by atoms with Crippen LogP contribution in [0.2, 0.25) is 0 Å². The summed E-state index contributed by atoms with van der Waals surface area (Å²) in [4.78, 5) is 35.8. The van der Waals surface area contributed by atoms with Gasteiger partial charge in [-0.05, 0) is 0 Å². The third-order valence-electron chi connectivity index (χ3n) is 2.83. The summed E-state index contributed by atoms with van der Waals surface area (Å²) in [6, 6.07) is 0. The summed E-state index contributed by atoms with van der Waals surface area (Å²) in [5.41, 5.74) is 2.33. The lowest BCUT2D eigenvalue weighted by Crippen LogP contribution is -2.43. The largest absolute Gasteiger partial charge is 0.451 e. The first-order valence-corrected chi connectivity index (χ1v) is 6.05. The molecule has 2 aliphatic rings. The minimum Gasteiger partial charge on any atom is -0.451 e. The molecule has 2 heterocycles. The fourth-order valence-corrected chi connectivity index (χ4v) is 1.74. The summed E-state index contributed by atoms with van der Waals surface area (Å²) in [5.74, 6) is -1.15. The number of hydrogen-bond acceptors (Lipinski definition) is 6. The van der Waals surface area contributed by atoms with Crippen molar-refractivity contribution < 1.29 is 23.9 Å². The Labute approximate surface area is 109 Å². The van der Waals surface area contributed by atoms with Gasteiger partial charge < -0.3 is 14.4 Å². The molecule has 1 N–H and O–H groups in total. The van der Waals surface area contributed by atoms with E-state index < -0.39 is 5.97 Å². The van der Waals surface area contributed by atoms with E-state index in [9.17, 15) is 14.4 Å². The Morgan fingerprint density at radius 2 is 2.05 bits per heavy atom. The summed E-state index contributed by atoms with van der Waals surface area (Å²) in [7, 11) is 0. The molecule has 0 atom stereocenters. The maximum absolute atomic E-state index is 11.7. The molecule has 0 bridgehead atoms. The predicted molar refractivity (Wildman–Crippen MR) is 63.2 cm³/mol. The Bertz CT molecular complexity index is 415. The Kier molecular flexibility index (Phi) is 4.45. The molecular formula is C11H15N3O5. The molecule has 1 saturated heterocycles. The fraction of sp³-hybridized carbons (Fsp3) is 0.636. The van der Waals surface area contributed by atoms with Crippen LogP contribution in [0.3, 0.4) is 0 Å². The molecule has 0 spiro atoms. The molecule has 0 saturated carbocycles. The summed E-state index contributed by atoms with van der Waals surface area (Å²) in [6.07, 6.45) is 0.432. The van der Waals surface area contributed by atoms with E-state index >= 15 is 0 Å². The predicted octanol–water partition coefficient (Wildman–Crippen LogP) is -1.35. The van der Waals surface area contributed by atoms with Crippen LogP contribution in [0.1, 0.15) is 12.8 Å². The second-order valence-corrected chi connectivity index (χ2v) is 4.16. The van der Waals surface area contributed by atoms with E-state index in [2.05, 4.69) is 10.5 Å². The lowest BCUT2D eigenvalue weighted by atomic mass is 10.2. The molecule has 2 rings (SSSR count). The van der Waals surface area contributed by atoms with Crippen LogP contribution < -0.4 is 5.43 Å². The van der Waals surface area contributed by atoms with Crippen molar-refractivity contribution in [1.29, 1.82) is 0 Å². The average Bonchev–Trinajstić information content (AvgIpc) is 2.46. The number of esters is 1. The Hall–Kier alpha value is -1.96. The number of nitrogens with one attached hydrogen (secondary N) is 1. The highest BCUT2D eigenvalue weighted by Gasteiger charge is 2.22. The molecule has 0 aliphatic carbocycles. The first-order valence-electron chi connectivity index (χ1n) is 6.05. The second-order valence-electron chi connectivity index (χ2n) is 4.16. The van der Waals surface area contributed by atoms with Crippen LogP contribution in [-0.4, -0.2) is 61.3 Å². The number of hydrogen-bond donors (Lipinski definition) is 1. The smallest absolute Gasteiger partial charge is 0.355 e. The highest BCUT2D eigenvalue weighted by atomic mass is 16.5. The van der Waals surface area contributed by atoms with E-state index in [0.29, 0.717) is 26.3 Å². The van der Waals surface area contributed by atoms with Gasteiger partial charge in [0.2, 0.25) is 5.91 Å². The zero-order chi connectivity index (χ0) is 13.7. The van der Waals surface area contributed by atoms with Gasteiger partial charge in [0.25, 0.3) is 5.91 Å². The van der Waals surface area contributed by atoms with Crippen molar-refractivity contribution in [3.05, 3.63) is 0 Å². The normalized spacial score (nSPS) is 19.5. The standard InChI is InChI=1S/C11H15N3O5/c15-9-2-1-8(12-13-9)11(17)19-7-10(16)14-3-5-18-6-4-14/h1-7H2,(H,13,15). The van der Waals surface area contributed by atoms with Gasteiger partial charge >= 0.3 is 5.97 Å². The quantitative estimate of drug-likeness (QED) is 0.639. The highest BCUT2D eigenvalue weighted by molar-refractivity contribution is 6.37. The van der Waals surface area contributed by atoms with Gasteiger partial charge in [-0.1, -0.05) is 0 Å². The van der Waals surface area contributed by atoms with Crippen molar-refractivity contribution in [2.24, 2.45) is 5.10 Å². The van der Waals surface area contributed by atoms with Crippen molar-refractivity contribution in [3.8, 4) is 0 Å². The summed E-state index contributed by atoms with van der Waals surface area (Å²) in [6.45, 7) is 1.70. The van der Waals surface area contributed by atoms with Crippen LogP contribution in [0.25, 0.3) is 0 Å². The van der Waals surface area contributed by atoms with Crippen LogP contribution >= 0.6 is 0 Å².